The van der Waals surface area contributed by atoms with Gasteiger partial charge in [0.1, 0.15) is 17.5 Å². The molecule has 2 aliphatic heterocycles. The summed E-state index contributed by atoms with van der Waals surface area (Å²) in [4.78, 5) is 54.8. The average Bonchev–Trinajstić information content (AvgIpc) is 3.44. The van der Waals surface area contributed by atoms with Crippen LogP contribution in [0.4, 0.5) is 24.5 Å². The van der Waals surface area contributed by atoms with Crippen molar-refractivity contribution < 1.29 is 32.3 Å². The molecule has 1 fully saturated rings. The van der Waals surface area contributed by atoms with Gasteiger partial charge in [-0.2, -0.15) is 13.2 Å². The van der Waals surface area contributed by atoms with Crippen LogP contribution in [0, 0.1) is 12.8 Å². The predicted molar refractivity (Wildman–Crippen MR) is 160 cm³/mol. The number of carbonyl (C=O) groups excluding carboxylic acids is 3. The van der Waals surface area contributed by atoms with Crippen LogP contribution in [0.1, 0.15) is 27.5 Å². The maximum absolute atomic E-state index is 14.0. The fourth-order valence-corrected chi connectivity index (χ4v) is 8.33. The lowest BCUT2D eigenvalue weighted by molar-refractivity contribution is -0.137. The minimum absolute atomic E-state index is 0.327. The lowest BCUT2D eigenvalue weighted by atomic mass is 9.83. The predicted octanol–water partition coefficient (Wildman–Crippen LogP) is 5.68. The number of hydrogen-bond donors (Lipinski definition) is 1. The molecule has 0 spiro atoms. The molecule has 0 radical (unpaired) electrons. The van der Waals surface area contributed by atoms with Crippen molar-refractivity contribution in [3.8, 4) is 5.75 Å². The number of thiazole rings is 1. The number of nitrogens with zero attached hydrogens (tertiary/aromatic N) is 2. The van der Waals surface area contributed by atoms with E-state index in [9.17, 15) is 32.3 Å². The Morgan fingerprint density at radius 2 is 1.64 bits per heavy atom. The highest BCUT2D eigenvalue weighted by Gasteiger charge is 2.57. The highest BCUT2D eigenvalue weighted by atomic mass is 32.2. The Labute approximate surface area is 257 Å². The largest absolute Gasteiger partial charge is 0.497 e. The number of hydrogen-bond acceptors (Lipinski definition) is 7. The van der Waals surface area contributed by atoms with Crippen LogP contribution in [-0.2, 0) is 27.1 Å². The van der Waals surface area contributed by atoms with Gasteiger partial charge >= 0.3 is 11.0 Å². The number of carbonyl (C=O) groups is 3. The van der Waals surface area contributed by atoms with E-state index in [0.717, 1.165) is 40.8 Å². The second-order valence-electron chi connectivity index (χ2n) is 10.4. The van der Waals surface area contributed by atoms with E-state index < -0.39 is 57.1 Å². The molecule has 8 nitrogen and oxygen atoms in total. The summed E-state index contributed by atoms with van der Waals surface area (Å²) in [5.41, 5.74) is 0.468. The summed E-state index contributed by atoms with van der Waals surface area (Å²) in [5.74, 6) is -3.48. The van der Waals surface area contributed by atoms with Crippen LogP contribution in [0.2, 0.25) is 0 Å². The van der Waals surface area contributed by atoms with Crippen LogP contribution in [0.3, 0.4) is 0 Å². The minimum Gasteiger partial charge on any atom is -0.497 e. The molecule has 1 saturated heterocycles. The first kappa shape index (κ1) is 29.7. The van der Waals surface area contributed by atoms with E-state index in [1.54, 1.807) is 36.4 Å². The zero-order valence-electron chi connectivity index (χ0n) is 23.3. The Hall–Kier alpha value is -4.36. The van der Waals surface area contributed by atoms with Gasteiger partial charge in [-0.1, -0.05) is 65.1 Å². The summed E-state index contributed by atoms with van der Waals surface area (Å²) in [6.07, 6.45) is -4.81. The van der Waals surface area contributed by atoms with Gasteiger partial charge < -0.3 is 10.1 Å². The molecular formula is C31H24F3N3O5S2. The maximum Gasteiger partial charge on any atom is 0.418 e. The highest BCUT2D eigenvalue weighted by Crippen LogP contribution is 2.54. The first-order valence-electron chi connectivity index (χ1n) is 13.4. The molecule has 4 aromatic rings. The topological polar surface area (TPSA) is 97.7 Å². The molecule has 1 N–H and O–H groups in total. The van der Waals surface area contributed by atoms with Gasteiger partial charge in [0.25, 0.3) is 0 Å². The number of imide groups is 1. The summed E-state index contributed by atoms with van der Waals surface area (Å²) in [6, 6.07) is 18.3. The van der Waals surface area contributed by atoms with E-state index >= 15 is 0 Å². The quantitative estimate of drug-likeness (QED) is 0.273. The SMILES string of the molecule is COc1ccc([C@@H]2c3sc(=O)n(CC(=O)Nc4ccc(C)cc4)c3S[C@H]3C(=O)N(c4ccccc4C(F)(F)F)C(=O)[C@@H]23)cc1. The fourth-order valence-electron chi connectivity index (χ4n) is 5.55. The molecule has 6 rings (SSSR count). The van der Waals surface area contributed by atoms with Gasteiger partial charge in [-0.15, -0.1) is 0 Å². The number of rotatable bonds is 6. The van der Waals surface area contributed by atoms with Crippen LogP contribution < -0.4 is 19.8 Å². The van der Waals surface area contributed by atoms with Gasteiger partial charge in [0.2, 0.25) is 17.7 Å². The Bertz CT molecular complexity index is 1830. The number of fused-ring (bicyclic) bond motifs is 2. The van der Waals surface area contributed by atoms with E-state index in [0.29, 0.717) is 31.8 Å². The lowest BCUT2D eigenvalue weighted by Gasteiger charge is -2.30. The molecule has 2 aliphatic rings. The molecule has 0 saturated carbocycles. The molecule has 226 valence electrons. The monoisotopic (exact) mass is 639 g/mol. The molecule has 0 aliphatic carbocycles. The van der Waals surface area contributed by atoms with E-state index in [1.165, 1.54) is 23.8 Å². The number of ether oxygens (including phenoxy) is 1. The summed E-state index contributed by atoms with van der Waals surface area (Å²) in [6.45, 7) is 1.55. The normalized spacial score (nSPS) is 19.5. The van der Waals surface area contributed by atoms with E-state index in [2.05, 4.69) is 5.32 Å². The number of alkyl halides is 3. The first-order chi connectivity index (χ1) is 21.0. The highest BCUT2D eigenvalue weighted by molar-refractivity contribution is 8.00. The second-order valence-corrected chi connectivity index (χ2v) is 12.5. The average molecular weight is 640 g/mol. The zero-order chi connectivity index (χ0) is 31.3. The Morgan fingerprint density at radius 1 is 0.955 bits per heavy atom. The van der Waals surface area contributed by atoms with E-state index in [4.69, 9.17) is 4.74 Å². The molecule has 3 aromatic carbocycles. The van der Waals surface area contributed by atoms with Crippen molar-refractivity contribution in [3.63, 3.8) is 0 Å². The van der Waals surface area contributed by atoms with Crippen molar-refractivity contribution in [1.82, 2.24) is 4.57 Å². The molecule has 13 heteroatoms. The summed E-state index contributed by atoms with van der Waals surface area (Å²) in [7, 11) is 1.49. The van der Waals surface area contributed by atoms with Crippen molar-refractivity contribution in [2.75, 3.05) is 17.3 Å². The molecule has 0 bridgehead atoms. The zero-order valence-corrected chi connectivity index (χ0v) is 24.9. The summed E-state index contributed by atoms with van der Waals surface area (Å²) >= 11 is 1.78. The third-order valence-corrected chi connectivity index (χ3v) is 10.2. The number of benzene rings is 3. The number of para-hydroxylation sites is 1. The summed E-state index contributed by atoms with van der Waals surface area (Å²) < 4.78 is 48.4. The third-order valence-electron chi connectivity index (χ3n) is 7.61. The molecule has 3 heterocycles. The molecule has 0 unspecified atom stereocenters. The molecule has 44 heavy (non-hydrogen) atoms. The van der Waals surface area contributed by atoms with Crippen molar-refractivity contribution in [3.05, 3.63) is 104 Å². The van der Waals surface area contributed by atoms with Gasteiger partial charge in [0.05, 0.1) is 29.3 Å². The van der Waals surface area contributed by atoms with Gasteiger partial charge in [0.15, 0.2) is 0 Å². The third kappa shape index (κ3) is 5.19. The summed E-state index contributed by atoms with van der Waals surface area (Å²) in [5, 5.41) is 1.95. The number of halogens is 3. The lowest BCUT2D eigenvalue weighted by Crippen LogP contribution is -2.33. The molecule has 1 aromatic heterocycles. The fraction of sp³-hybridized carbons (Fsp3) is 0.226. The molecule has 3 amide bonds. The number of anilines is 2. The van der Waals surface area contributed by atoms with Gasteiger partial charge in [-0.25, -0.2) is 4.90 Å². The number of amides is 3. The number of methoxy groups -OCH3 is 1. The van der Waals surface area contributed by atoms with Gasteiger partial charge in [0, 0.05) is 16.5 Å². The number of aryl methyl sites for hydroxylation is 1. The maximum atomic E-state index is 14.0. The number of nitrogens with one attached hydrogen (secondary N) is 1. The van der Waals surface area contributed by atoms with Crippen LogP contribution in [0.15, 0.2) is 82.6 Å². The number of aromatic nitrogens is 1. The molecule has 3 atom stereocenters. The Kier molecular flexibility index (Phi) is 7.62. The molecular weight excluding hydrogens is 615 g/mol. The van der Waals surface area contributed by atoms with Crippen LogP contribution in [0.25, 0.3) is 0 Å². The smallest absolute Gasteiger partial charge is 0.418 e. The van der Waals surface area contributed by atoms with Gasteiger partial charge in [-0.3, -0.25) is 23.7 Å². The van der Waals surface area contributed by atoms with E-state index in [1.807, 2.05) is 19.1 Å². The second kappa shape index (κ2) is 11.3. The van der Waals surface area contributed by atoms with Crippen LogP contribution in [0.5, 0.6) is 5.75 Å². The Morgan fingerprint density at radius 3 is 2.30 bits per heavy atom. The van der Waals surface area contributed by atoms with Crippen molar-refractivity contribution >= 4 is 52.2 Å². The van der Waals surface area contributed by atoms with Crippen LogP contribution >= 0.6 is 23.1 Å². The van der Waals surface area contributed by atoms with Crippen molar-refractivity contribution in [1.29, 1.82) is 0 Å². The standard InChI is InChI=1S/C31H24F3N3O5S2/c1-16-7-11-18(12-8-16)35-22(38)15-36-29-26(44-30(36)41)23(17-9-13-19(42-2)14-10-17)24-25(43-29)28(40)37(27(24)39)21-6-4-3-5-20(21)31(32,33)34/h3-14,23-25H,15H2,1-2H3,(H,35,38)/t23-,24-,25+/m0/s1. The van der Waals surface area contributed by atoms with E-state index in [-0.39, 0.29) is 6.54 Å². The number of thioether (sulfide) groups is 1. The van der Waals surface area contributed by atoms with Gasteiger partial charge in [-0.05, 0) is 48.9 Å². The Balaban J connectivity index is 1.43. The minimum atomic E-state index is -4.81. The van der Waals surface area contributed by atoms with Crippen LogP contribution in [-0.4, -0.2) is 34.6 Å². The van der Waals surface area contributed by atoms with Crippen molar-refractivity contribution in [2.45, 2.75) is 35.8 Å². The van der Waals surface area contributed by atoms with Crippen molar-refractivity contribution in [2.24, 2.45) is 5.92 Å². The first-order valence-corrected chi connectivity index (χ1v) is 15.1.